The number of anilines is 1. The zero-order chi connectivity index (χ0) is 19.8. The number of ether oxygens (including phenoxy) is 1. The number of amides is 2. The molecule has 0 atom stereocenters. The Hall–Kier alpha value is -3.87. The predicted octanol–water partition coefficient (Wildman–Crippen LogP) is 2.74. The lowest BCUT2D eigenvalue weighted by Gasteiger charge is -2.11. The number of benzene rings is 2. The number of para-hydroxylation sites is 1. The zero-order valence-corrected chi connectivity index (χ0v) is 15.0. The summed E-state index contributed by atoms with van der Waals surface area (Å²) in [5.74, 6) is -1.49. The first-order valence-corrected chi connectivity index (χ1v) is 8.65. The van der Waals surface area contributed by atoms with Crippen LogP contribution in [0.5, 0.6) is 0 Å². The van der Waals surface area contributed by atoms with Crippen LogP contribution in [-0.4, -0.2) is 29.4 Å². The minimum absolute atomic E-state index is 0.258. The molecule has 3 rings (SSSR count). The first-order chi connectivity index (χ1) is 13.6. The first kappa shape index (κ1) is 18.9. The second kappa shape index (κ2) is 9.18. The molecule has 1 heterocycles. The average molecular weight is 377 g/mol. The van der Waals surface area contributed by atoms with Crippen molar-refractivity contribution < 1.29 is 19.1 Å². The standard InChI is InChI=1S/C21H19N3O4/c25-19(14-28-21(27)18-11-6-12-22-18)24-17-10-5-4-9-16(17)20(26)23-13-15-7-2-1-3-8-15/h1-12,22H,13-14H2,(H,23,26)(H,24,25). The van der Waals surface area contributed by atoms with Crippen molar-refractivity contribution in [3.05, 3.63) is 89.7 Å². The van der Waals surface area contributed by atoms with Crippen LogP contribution in [-0.2, 0) is 16.1 Å². The highest BCUT2D eigenvalue weighted by atomic mass is 16.5. The fourth-order valence-corrected chi connectivity index (χ4v) is 2.52. The van der Waals surface area contributed by atoms with Crippen molar-refractivity contribution in [2.24, 2.45) is 0 Å². The maximum Gasteiger partial charge on any atom is 0.355 e. The number of aromatic amines is 1. The van der Waals surface area contributed by atoms with Gasteiger partial charge in [-0.2, -0.15) is 0 Å². The molecule has 0 spiro atoms. The quantitative estimate of drug-likeness (QED) is 0.551. The fraction of sp³-hybridized carbons (Fsp3) is 0.0952. The summed E-state index contributed by atoms with van der Waals surface area (Å²) in [6.45, 7) is -0.0897. The number of hydrogen-bond donors (Lipinski definition) is 3. The van der Waals surface area contributed by atoms with Crippen molar-refractivity contribution in [1.82, 2.24) is 10.3 Å². The summed E-state index contributed by atoms with van der Waals surface area (Å²) in [4.78, 5) is 39.1. The van der Waals surface area contributed by atoms with Crippen LogP contribution in [0.2, 0.25) is 0 Å². The number of aromatic nitrogens is 1. The highest BCUT2D eigenvalue weighted by molar-refractivity contribution is 6.04. The van der Waals surface area contributed by atoms with E-state index >= 15 is 0 Å². The maximum absolute atomic E-state index is 12.5. The number of esters is 1. The highest BCUT2D eigenvalue weighted by Gasteiger charge is 2.15. The van der Waals surface area contributed by atoms with Crippen LogP contribution in [0.4, 0.5) is 5.69 Å². The lowest BCUT2D eigenvalue weighted by Crippen LogP contribution is -2.26. The smallest absolute Gasteiger partial charge is 0.355 e. The molecule has 0 bridgehead atoms. The normalized spacial score (nSPS) is 10.1. The van der Waals surface area contributed by atoms with E-state index in [-0.39, 0.29) is 11.6 Å². The van der Waals surface area contributed by atoms with E-state index in [1.807, 2.05) is 30.3 Å². The summed E-state index contributed by atoms with van der Waals surface area (Å²) < 4.78 is 4.94. The molecule has 0 aliphatic heterocycles. The van der Waals surface area contributed by atoms with Crippen molar-refractivity contribution in [3.8, 4) is 0 Å². The number of carbonyl (C=O) groups excluding carboxylic acids is 3. The van der Waals surface area contributed by atoms with Crippen LogP contribution in [0.25, 0.3) is 0 Å². The molecule has 0 aliphatic rings. The monoisotopic (exact) mass is 377 g/mol. The van der Waals surface area contributed by atoms with Gasteiger partial charge in [0.05, 0.1) is 11.3 Å². The lowest BCUT2D eigenvalue weighted by molar-refractivity contribution is -0.119. The molecule has 0 saturated heterocycles. The van der Waals surface area contributed by atoms with Gasteiger partial charge in [-0.3, -0.25) is 9.59 Å². The average Bonchev–Trinajstić information content (AvgIpc) is 3.26. The first-order valence-electron chi connectivity index (χ1n) is 8.65. The molecular formula is C21H19N3O4. The third-order valence-corrected chi connectivity index (χ3v) is 3.89. The van der Waals surface area contributed by atoms with E-state index in [0.29, 0.717) is 17.8 Å². The van der Waals surface area contributed by atoms with Gasteiger partial charge in [-0.1, -0.05) is 42.5 Å². The van der Waals surface area contributed by atoms with Crippen molar-refractivity contribution in [1.29, 1.82) is 0 Å². The van der Waals surface area contributed by atoms with Crippen LogP contribution in [0.3, 0.4) is 0 Å². The van der Waals surface area contributed by atoms with E-state index < -0.39 is 18.5 Å². The molecule has 0 saturated carbocycles. The number of hydrogen-bond acceptors (Lipinski definition) is 4. The molecule has 28 heavy (non-hydrogen) atoms. The molecule has 7 nitrogen and oxygen atoms in total. The van der Waals surface area contributed by atoms with Crippen LogP contribution in [0, 0.1) is 0 Å². The number of carbonyl (C=O) groups is 3. The predicted molar refractivity (Wildman–Crippen MR) is 104 cm³/mol. The van der Waals surface area contributed by atoms with Gasteiger partial charge >= 0.3 is 5.97 Å². The SMILES string of the molecule is O=C(COC(=O)c1ccc[nH]1)Nc1ccccc1C(=O)NCc1ccccc1. The van der Waals surface area contributed by atoms with Gasteiger partial charge in [0.1, 0.15) is 5.69 Å². The Balaban J connectivity index is 1.57. The lowest BCUT2D eigenvalue weighted by atomic mass is 10.1. The van der Waals surface area contributed by atoms with Gasteiger partial charge in [-0.15, -0.1) is 0 Å². The van der Waals surface area contributed by atoms with Gasteiger partial charge in [0.25, 0.3) is 11.8 Å². The van der Waals surface area contributed by atoms with E-state index in [1.165, 1.54) is 0 Å². The Kier molecular flexibility index (Phi) is 6.20. The summed E-state index contributed by atoms with van der Waals surface area (Å²) in [5.41, 5.74) is 1.89. The summed E-state index contributed by atoms with van der Waals surface area (Å²) >= 11 is 0. The maximum atomic E-state index is 12.5. The second-order valence-electron chi connectivity index (χ2n) is 5.92. The van der Waals surface area contributed by atoms with Crippen LogP contribution < -0.4 is 10.6 Å². The van der Waals surface area contributed by atoms with Gasteiger partial charge in [0.15, 0.2) is 6.61 Å². The molecule has 3 aromatic rings. The van der Waals surface area contributed by atoms with Crippen molar-refractivity contribution in [2.75, 3.05) is 11.9 Å². The topological polar surface area (TPSA) is 100 Å². The molecule has 3 N–H and O–H groups in total. The number of nitrogens with one attached hydrogen (secondary N) is 3. The largest absolute Gasteiger partial charge is 0.451 e. The van der Waals surface area contributed by atoms with E-state index in [4.69, 9.17) is 4.74 Å². The van der Waals surface area contributed by atoms with Crippen LogP contribution in [0.1, 0.15) is 26.4 Å². The highest BCUT2D eigenvalue weighted by Crippen LogP contribution is 2.15. The molecule has 2 aromatic carbocycles. The molecule has 0 unspecified atom stereocenters. The Morgan fingerprint density at radius 2 is 1.64 bits per heavy atom. The van der Waals surface area contributed by atoms with Crippen molar-refractivity contribution in [3.63, 3.8) is 0 Å². The molecule has 0 aliphatic carbocycles. The van der Waals surface area contributed by atoms with E-state index in [1.54, 1.807) is 42.6 Å². The molecule has 0 radical (unpaired) electrons. The minimum atomic E-state index is -0.631. The summed E-state index contributed by atoms with van der Waals surface area (Å²) in [5, 5.41) is 5.42. The molecule has 1 aromatic heterocycles. The van der Waals surface area contributed by atoms with Crippen LogP contribution in [0.15, 0.2) is 72.9 Å². The van der Waals surface area contributed by atoms with E-state index in [2.05, 4.69) is 15.6 Å². The Labute approximate surface area is 161 Å². The van der Waals surface area contributed by atoms with Crippen molar-refractivity contribution >= 4 is 23.5 Å². The fourth-order valence-electron chi connectivity index (χ4n) is 2.52. The van der Waals surface area contributed by atoms with Crippen LogP contribution >= 0.6 is 0 Å². The Morgan fingerprint density at radius 1 is 0.893 bits per heavy atom. The zero-order valence-electron chi connectivity index (χ0n) is 15.0. The molecule has 2 amide bonds. The number of rotatable bonds is 7. The van der Waals surface area contributed by atoms with Gasteiger partial charge < -0.3 is 20.4 Å². The minimum Gasteiger partial charge on any atom is -0.451 e. The summed E-state index contributed by atoms with van der Waals surface area (Å²) in [6.07, 6.45) is 1.58. The Morgan fingerprint density at radius 3 is 2.39 bits per heavy atom. The summed E-state index contributed by atoms with van der Waals surface area (Å²) in [6, 6.07) is 19.3. The second-order valence-corrected chi connectivity index (χ2v) is 5.92. The van der Waals surface area contributed by atoms with Gasteiger partial charge in [0, 0.05) is 12.7 Å². The van der Waals surface area contributed by atoms with Gasteiger partial charge in [-0.25, -0.2) is 4.79 Å². The molecule has 0 fully saturated rings. The Bertz CT molecular complexity index is 953. The third kappa shape index (κ3) is 5.07. The molecule has 7 heteroatoms. The molecular weight excluding hydrogens is 358 g/mol. The van der Waals surface area contributed by atoms with Gasteiger partial charge in [-0.05, 0) is 29.8 Å². The van der Waals surface area contributed by atoms with Crippen molar-refractivity contribution in [2.45, 2.75) is 6.54 Å². The third-order valence-electron chi connectivity index (χ3n) is 3.89. The van der Waals surface area contributed by atoms with E-state index in [9.17, 15) is 14.4 Å². The van der Waals surface area contributed by atoms with E-state index in [0.717, 1.165) is 5.56 Å². The molecule has 142 valence electrons. The number of H-pyrrole nitrogens is 1. The van der Waals surface area contributed by atoms with Gasteiger partial charge in [0.2, 0.25) is 0 Å². The summed E-state index contributed by atoms with van der Waals surface area (Å²) in [7, 11) is 0.